The molecular weight excluding hydrogens is 363 g/mol. The summed E-state index contributed by atoms with van der Waals surface area (Å²) in [5, 5.41) is 20.7. The Hall–Kier alpha value is -3.28. The summed E-state index contributed by atoms with van der Waals surface area (Å²) in [6.45, 7) is 3.78. The molecule has 5 nitrogen and oxygen atoms in total. The van der Waals surface area contributed by atoms with E-state index >= 15 is 0 Å². The molecule has 0 saturated heterocycles. The van der Waals surface area contributed by atoms with Crippen LogP contribution in [0, 0.1) is 5.82 Å². The second kappa shape index (κ2) is 9.08. The molecule has 2 N–H and O–H groups in total. The number of ketones is 1. The van der Waals surface area contributed by atoms with Gasteiger partial charge in [0.05, 0.1) is 14.2 Å². The van der Waals surface area contributed by atoms with Crippen molar-refractivity contribution in [1.29, 1.82) is 0 Å². The van der Waals surface area contributed by atoms with Crippen LogP contribution in [0.2, 0.25) is 0 Å². The first-order chi connectivity index (χ1) is 13.3. The van der Waals surface area contributed by atoms with Gasteiger partial charge in [-0.15, -0.1) is 0 Å². The van der Waals surface area contributed by atoms with Crippen LogP contribution in [0.25, 0.3) is 6.08 Å². The van der Waals surface area contributed by atoms with Gasteiger partial charge in [-0.05, 0) is 44.0 Å². The number of rotatable bonds is 7. The van der Waals surface area contributed by atoms with E-state index in [9.17, 15) is 19.4 Å². The van der Waals surface area contributed by atoms with E-state index in [1.165, 1.54) is 44.6 Å². The van der Waals surface area contributed by atoms with E-state index in [1.807, 2.05) is 19.9 Å². The quantitative estimate of drug-likeness (QED) is 0.411. The van der Waals surface area contributed by atoms with E-state index in [-0.39, 0.29) is 40.5 Å². The second-order valence-electron chi connectivity index (χ2n) is 6.38. The molecule has 0 radical (unpaired) electrons. The molecule has 0 bridgehead atoms. The van der Waals surface area contributed by atoms with Gasteiger partial charge in [0.2, 0.25) is 0 Å². The van der Waals surface area contributed by atoms with Crippen molar-refractivity contribution in [1.82, 2.24) is 0 Å². The number of allylic oxidation sites excluding steroid dienone is 3. The van der Waals surface area contributed by atoms with Gasteiger partial charge in [0.15, 0.2) is 17.3 Å². The number of benzene rings is 2. The maximum absolute atomic E-state index is 13.8. The second-order valence-corrected chi connectivity index (χ2v) is 6.38. The molecule has 0 aliphatic rings. The molecular formula is C22H23FO5. The van der Waals surface area contributed by atoms with E-state index in [1.54, 1.807) is 6.07 Å². The highest BCUT2D eigenvalue weighted by molar-refractivity contribution is 6.11. The van der Waals surface area contributed by atoms with Crippen molar-refractivity contribution in [2.45, 2.75) is 20.3 Å². The molecule has 0 atom stereocenters. The van der Waals surface area contributed by atoms with Crippen LogP contribution in [-0.2, 0) is 6.42 Å². The zero-order chi connectivity index (χ0) is 20.8. The fourth-order valence-corrected chi connectivity index (χ4v) is 2.62. The topological polar surface area (TPSA) is 76.0 Å². The third-order valence-electron chi connectivity index (χ3n) is 4.13. The maximum atomic E-state index is 13.8. The third-order valence-corrected chi connectivity index (χ3v) is 4.13. The number of phenolic OH excluding ortho intramolecular Hbond substituents is 2. The minimum absolute atomic E-state index is 0.0477. The van der Waals surface area contributed by atoms with E-state index in [4.69, 9.17) is 9.47 Å². The van der Waals surface area contributed by atoms with E-state index in [0.717, 1.165) is 5.57 Å². The molecule has 0 heterocycles. The van der Waals surface area contributed by atoms with E-state index in [0.29, 0.717) is 5.56 Å². The number of aromatic hydroxyl groups is 2. The summed E-state index contributed by atoms with van der Waals surface area (Å²) in [5.74, 6) is -1.44. The Morgan fingerprint density at radius 2 is 1.79 bits per heavy atom. The largest absolute Gasteiger partial charge is 0.507 e. The van der Waals surface area contributed by atoms with Gasteiger partial charge >= 0.3 is 0 Å². The van der Waals surface area contributed by atoms with Gasteiger partial charge in [-0.2, -0.15) is 0 Å². The fourth-order valence-electron chi connectivity index (χ4n) is 2.62. The molecule has 0 amide bonds. The first kappa shape index (κ1) is 21.0. The lowest BCUT2D eigenvalue weighted by Gasteiger charge is -2.13. The summed E-state index contributed by atoms with van der Waals surface area (Å²) in [6.07, 6.45) is 4.72. The van der Waals surface area contributed by atoms with Crippen molar-refractivity contribution >= 4 is 11.9 Å². The van der Waals surface area contributed by atoms with Crippen molar-refractivity contribution in [2.24, 2.45) is 0 Å². The van der Waals surface area contributed by atoms with Crippen LogP contribution in [0.4, 0.5) is 4.39 Å². The summed E-state index contributed by atoms with van der Waals surface area (Å²) in [7, 11) is 2.70. The summed E-state index contributed by atoms with van der Waals surface area (Å²) < 4.78 is 23.8. The van der Waals surface area contributed by atoms with Crippen LogP contribution in [0.1, 0.15) is 35.3 Å². The molecule has 0 aliphatic heterocycles. The van der Waals surface area contributed by atoms with Crippen LogP contribution >= 0.6 is 0 Å². The smallest absolute Gasteiger partial charge is 0.193 e. The minimum atomic E-state index is -0.550. The minimum Gasteiger partial charge on any atom is -0.507 e. The van der Waals surface area contributed by atoms with Gasteiger partial charge in [0, 0.05) is 11.6 Å². The molecule has 0 aromatic heterocycles. The number of carbonyl (C=O) groups excluding carboxylic acids is 1. The first-order valence-electron chi connectivity index (χ1n) is 8.59. The molecule has 0 saturated carbocycles. The Bertz CT molecular complexity index is 940. The molecule has 28 heavy (non-hydrogen) atoms. The lowest BCUT2D eigenvalue weighted by atomic mass is 9.99. The number of methoxy groups -OCH3 is 2. The van der Waals surface area contributed by atoms with Crippen molar-refractivity contribution in [3.63, 3.8) is 0 Å². The average Bonchev–Trinajstić information content (AvgIpc) is 2.65. The highest BCUT2D eigenvalue weighted by atomic mass is 19.1. The number of halogens is 1. The number of phenols is 2. The number of hydrogen-bond donors (Lipinski definition) is 2. The maximum Gasteiger partial charge on any atom is 0.193 e. The Morgan fingerprint density at radius 1 is 1.11 bits per heavy atom. The van der Waals surface area contributed by atoms with Gasteiger partial charge < -0.3 is 19.7 Å². The normalized spacial score (nSPS) is 10.8. The number of hydrogen-bond acceptors (Lipinski definition) is 5. The summed E-state index contributed by atoms with van der Waals surface area (Å²) >= 11 is 0. The molecule has 6 heteroatoms. The molecule has 0 unspecified atom stereocenters. The summed E-state index contributed by atoms with van der Waals surface area (Å²) in [6, 6.07) is 5.58. The van der Waals surface area contributed by atoms with Gasteiger partial charge in [-0.3, -0.25) is 4.79 Å². The molecule has 0 aliphatic carbocycles. The molecule has 2 rings (SSSR count). The third kappa shape index (κ3) is 4.71. The number of ether oxygens (including phenoxy) is 2. The van der Waals surface area contributed by atoms with Crippen LogP contribution < -0.4 is 9.47 Å². The Morgan fingerprint density at radius 3 is 2.36 bits per heavy atom. The Kier molecular flexibility index (Phi) is 6.82. The molecule has 148 valence electrons. The van der Waals surface area contributed by atoms with Gasteiger partial charge in [0.1, 0.15) is 22.8 Å². The highest BCUT2D eigenvalue weighted by Crippen LogP contribution is 2.39. The van der Waals surface area contributed by atoms with Crippen LogP contribution in [-0.4, -0.2) is 30.2 Å². The van der Waals surface area contributed by atoms with Gasteiger partial charge in [-0.25, -0.2) is 4.39 Å². The fraction of sp³-hybridized carbons (Fsp3) is 0.227. The average molecular weight is 386 g/mol. The predicted molar refractivity (Wildman–Crippen MR) is 106 cm³/mol. The van der Waals surface area contributed by atoms with Crippen molar-refractivity contribution in [3.8, 4) is 23.0 Å². The first-order valence-corrected chi connectivity index (χ1v) is 8.59. The van der Waals surface area contributed by atoms with Gasteiger partial charge in [0.25, 0.3) is 0 Å². The van der Waals surface area contributed by atoms with Crippen LogP contribution in [0.15, 0.2) is 42.0 Å². The Labute approximate surface area is 163 Å². The lowest BCUT2D eigenvalue weighted by Crippen LogP contribution is -2.02. The SMILES string of the molecule is COc1ccc(/C=C/C(=O)c2c(OC)cc(O)c(CC=C(C)C)c2O)cc1F. The van der Waals surface area contributed by atoms with Crippen molar-refractivity contribution < 1.29 is 28.9 Å². The monoisotopic (exact) mass is 386 g/mol. The van der Waals surface area contributed by atoms with Gasteiger partial charge in [-0.1, -0.05) is 23.8 Å². The molecule has 2 aromatic carbocycles. The summed E-state index contributed by atoms with van der Waals surface area (Å²) in [4.78, 5) is 12.7. The highest BCUT2D eigenvalue weighted by Gasteiger charge is 2.21. The lowest BCUT2D eigenvalue weighted by molar-refractivity contribution is 0.104. The molecule has 0 spiro atoms. The van der Waals surface area contributed by atoms with E-state index in [2.05, 4.69) is 0 Å². The summed E-state index contributed by atoms with van der Waals surface area (Å²) in [5.41, 5.74) is 1.62. The van der Waals surface area contributed by atoms with Crippen molar-refractivity contribution in [2.75, 3.05) is 14.2 Å². The zero-order valence-electron chi connectivity index (χ0n) is 16.2. The number of carbonyl (C=O) groups is 1. The molecule has 2 aromatic rings. The van der Waals surface area contributed by atoms with Crippen molar-refractivity contribution in [3.05, 3.63) is 64.5 Å². The standard InChI is InChI=1S/C22H23FO5/c1-13(2)5-8-15-18(25)12-20(28-4)21(22(15)26)17(24)9-6-14-7-10-19(27-3)16(23)11-14/h5-7,9-12,25-26H,8H2,1-4H3/b9-6+. The zero-order valence-corrected chi connectivity index (χ0v) is 16.2. The van der Waals surface area contributed by atoms with Crippen LogP contribution in [0.5, 0.6) is 23.0 Å². The molecule has 0 fully saturated rings. The van der Waals surface area contributed by atoms with E-state index < -0.39 is 11.6 Å². The van der Waals surface area contributed by atoms with Crippen LogP contribution in [0.3, 0.4) is 0 Å². The Balaban J connectivity index is 2.42. The predicted octanol–water partition coefficient (Wildman–Crippen LogP) is 4.66.